The molecule has 1 aliphatic heterocycles. The Hall–Kier alpha value is -2.20. The number of nitrogens with one attached hydrogen (secondary N) is 1. The first-order valence-electron chi connectivity index (χ1n) is 9.23. The quantitative estimate of drug-likeness (QED) is 0.399. The molecule has 0 aliphatic carbocycles. The van der Waals surface area contributed by atoms with Crippen LogP contribution in [0.1, 0.15) is 5.56 Å². The molecule has 2 aromatic rings. The molecule has 0 bridgehead atoms. The number of hydrazine groups is 1. The van der Waals surface area contributed by atoms with Crippen molar-refractivity contribution < 1.29 is 22.5 Å². The van der Waals surface area contributed by atoms with Gasteiger partial charge in [-0.15, -0.1) is 0 Å². The molecule has 1 aromatic carbocycles. The van der Waals surface area contributed by atoms with Gasteiger partial charge in [0.05, 0.1) is 19.9 Å². The smallest absolute Gasteiger partial charge is 0.379 e. The lowest BCUT2D eigenvalue weighted by Gasteiger charge is -2.31. The zero-order valence-corrected chi connectivity index (χ0v) is 17.6. The van der Waals surface area contributed by atoms with Gasteiger partial charge < -0.3 is 14.6 Å². The lowest BCUT2D eigenvalue weighted by Crippen LogP contribution is -2.47. The highest BCUT2D eigenvalue weighted by Gasteiger charge is 2.37. The zero-order valence-electron chi connectivity index (χ0n) is 16.7. The molecular weight excluding hydrogens is 420 g/mol. The van der Waals surface area contributed by atoms with Crippen molar-refractivity contribution in [1.29, 1.82) is 0 Å². The molecule has 1 aromatic heterocycles. The summed E-state index contributed by atoms with van der Waals surface area (Å²) in [5.74, 6) is 5.51. The number of ether oxygens (including phenoxy) is 1. The molecule has 8 nitrogen and oxygen atoms in total. The Labute approximate surface area is 172 Å². The van der Waals surface area contributed by atoms with Crippen LogP contribution in [0.3, 0.4) is 0 Å². The highest BCUT2D eigenvalue weighted by Crippen LogP contribution is 2.36. The van der Waals surface area contributed by atoms with E-state index in [0.29, 0.717) is 43.5 Å². The van der Waals surface area contributed by atoms with E-state index < -0.39 is 24.7 Å². The fraction of sp³-hybridized carbons (Fsp3) is 0.444. The molecule has 1 aliphatic rings. The van der Waals surface area contributed by atoms with Crippen molar-refractivity contribution >= 4 is 29.9 Å². The molecule has 30 heavy (non-hydrogen) atoms. The van der Waals surface area contributed by atoms with E-state index in [-0.39, 0.29) is 12.6 Å². The molecule has 12 heteroatoms. The monoisotopic (exact) mass is 444 g/mol. The fourth-order valence-electron chi connectivity index (χ4n) is 2.91. The minimum Gasteiger partial charge on any atom is -0.379 e. The van der Waals surface area contributed by atoms with Crippen molar-refractivity contribution in [2.24, 2.45) is 5.84 Å². The van der Waals surface area contributed by atoms with Crippen LogP contribution in [0, 0.1) is 0 Å². The Bertz CT molecular complexity index is 913. The van der Waals surface area contributed by atoms with E-state index >= 15 is 0 Å². The average Bonchev–Trinajstić information content (AvgIpc) is 2.67. The first-order chi connectivity index (χ1) is 14.0. The molecule has 3 N–H and O–H groups in total. The third kappa shape index (κ3) is 5.69. The minimum atomic E-state index is -4.65. The highest BCUT2D eigenvalue weighted by atomic mass is 31.2. The van der Waals surface area contributed by atoms with Crippen molar-refractivity contribution in [3.63, 3.8) is 0 Å². The van der Waals surface area contributed by atoms with Gasteiger partial charge >= 0.3 is 6.18 Å². The van der Waals surface area contributed by atoms with Gasteiger partial charge in [0.1, 0.15) is 12.7 Å². The van der Waals surface area contributed by atoms with E-state index in [9.17, 15) is 17.7 Å². The average molecular weight is 444 g/mol. The summed E-state index contributed by atoms with van der Waals surface area (Å²) in [6, 6.07) is 6.73. The van der Waals surface area contributed by atoms with Crippen LogP contribution in [-0.2, 0) is 15.5 Å². The molecule has 0 saturated carbocycles. The summed E-state index contributed by atoms with van der Waals surface area (Å²) < 4.78 is 57.7. The molecule has 0 unspecified atom stereocenters. The largest absolute Gasteiger partial charge is 0.421 e. The number of alkyl halides is 3. The predicted molar refractivity (Wildman–Crippen MR) is 110 cm³/mol. The Morgan fingerprint density at radius 1 is 1.23 bits per heavy atom. The first-order valence-corrected chi connectivity index (χ1v) is 11.8. The third-order valence-corrected chi connectivity index (χ3v) is 6.09. The Morgan fingerprint density at radius 3 is 2.43 bits per heavy atom. The summed E-state index contributed by atoms with van der Waals surface area (Å²) in [6.45, 7) is 5.51. The van der Waals surface area contributed by atoms with Gasteiger partial charge in [0.25, 0.3) is 0 Å². The Morgan fingerprint density at radius 2 is 1.87 bits per heavy atom. The van der Waals surface area contributed by atoms with E-state index in [1.165, 1.54) is 0 Å². The van der Waals surface area contributed by atoms with Crippen LogP contribution in [-0.4, -0.2) is 61.2 Å². The van der Waals surface area contributed by atoms with Gasteiger partial charge in [-0.3, -0.25) is 9.91 Å². The summed E-state index contributed by atoms with van der Waals surface area (Å²) in [5.41, 5.74) is -0.466. The summed E-state index contributed by atoms with van der Waals surface area (Å²) in [7, 11) is -2.41. The molecule has 1 fully saturated rings. The minimum absolute atomic E-state index is 0.0284. The molecule has 0 atom stereocenters. The number of rotatable bonds is 6. The first kappa shape index (κ1) is 22.5. The number of halogens is 3. The summed E-state index contributed by atoms with van der Waals surface area (Å²) in [4.78, 5) is 9.69. The number of nitrogens with zero attached hydrogens (tertiary/aromatic N) is 4. The second-order valence-corrected chi connectivity index (χ2v) is 10.5. The summed E-state index contributed by atoms with van der Waals surface area (Å²) in [5, 5.41) is 4.53. The molecule has 1 saturated heterocycles. The van der Waals surface area contributed by atoms with Crippen LogP contribution in [0.2, 0.25) is 0 Å². The van der Waals surface area contributed by atoms with Crippen LogP contribution >= 0.6 is 7.14 Å². The molecule has 2 heterocycles. The number of nitrogens with two attached hydrogens (primary N) is 1. The molecule has 0 amide bonds. The molecule has 3 rings (SSSR count). The third-order valence-electron chi connectivity index (χ3n) is 4.55. The van der Waals surface area contributed by atoms with Crippen LogP contribution in [0.25, 0.3) is 0 Å². The number of hydrogen-bond acceptors (Lipinski definition) is 8. The van der Waals surface area contributed by atoms with Crippen LogP contribution in [0.4, 0.5) is 30.6 Å². The van der Waals surface area contributed by atoms with Crippen LogP contribution < -0.4 is 21.5 Å². The molecular formula is C18H24F3N6O2P. The van der Waals surface area contributed by atoms with Crippen molar-refractivity contribution in [2.75, 3.05) is 56.6 Å². The number of morpholine rings is 1. The number of aromatic nitrogens is 2. The lowest BCUT2D eigenvalue weighted by atomic mass is 10.3. The van der Waals surface area contributed by atoms with Crippen molar-refractivity contribution in [2.45, 2.75) is 6.18 Å². The standard InChI is InChI=1S/C18H24F3N6O2P/c1-30(2,28)14-5-3-13(4-6-14)24-17-23-11-15(18(19,20)21)16(25-17)27(22)12-26-7-9-29-10-8-26/h3-6,11H,7-10,12,22H2,1-2H3,(H,23,24,25). The van der Waals surface area contributed by atoms with Gasteiger partial charge in [0.2, 0.25) is 5.95 Å². The van der Waals surface area contributed by atoms with Gasteiger partial charge in [0, 0.05) is 30.3 Å². The molecule has 0 radical (unpaired) electrons. The van der Waals surface area contributed by atoms with Crippen LogP contribution in [0.15, 0.2) is 30.5 Å². The lowest BCUT2D eigenvalue weighted by molar-refractivity contribution is -0.137. The van der Waals surface area contributed by atoms with Gasteiger partial charge in [-0.05, 0) is 37.6 Å². The molecule has 164 valence electrons. The normalized spacial score (nSPS) is 15.8. The predicted octanol–water partition coefficient (Wildman–Crippen LogP) is 2.46. The van der Waals surface area contributed by atoms with Crippen LogP contribution in [0.5, 0.6) is 0 Å². The Kier molecular flexibility index (Phi) is 6.66. The number of benzene rings is 1. The van der Waals surface area contributed by atoms with E-state index in [1.807, 2.05) is 4.90 Å². The fourth-order valence-corrected chi connectivity index (χ4v) is 3.78. The Balaban J connectivity index is 1.83. The highest BCUT2D eigenvalue weighted by molar-refractivity contribution is 7.70. The summed E-state index contributed by atoms with van der Waals surface area (Å²) >= 11 is 0. The maximum atomic E-state index is 13.5. The maximum Gasteiger partial charge on any atom is 0.421 e. The van der Waals surface area contributed by atoms with E-state index in [2.05, 4.69) is 15.3 Å². The van der Waals surface area contributed by atoms with Gasteiger partial charge in [-0.2, -0.15) is 18.2 Å². The summed E-state index contributed by atoms with van der Waals surface area (Å²) in [6.07, 6.45) is -3.94. The second kappa shape index (κ2) is 8.89. The molecule has 0 spiro atoms. The number of hydrogen-bond donors (Lipinski definition) is 2. The van der Waals surface area contributed by atoms with E-state index in [0.717, 1.165) is 5.01 Å². The van der Waals surface area contributed by atoms with Gasteiger partial charge in [-0.25, -0.2) is 10.8 Å². The van der Waals surface area contributed by atoms with Gasteiger partial charge in [-0.1, -0.05) is 0 Å². The van der Waals surface area contributed by atoms with Crippen molar-refractivity contribution in [1.82, 2.24) is 14.9 Å². The number of anilines is 3. The van der Waals surface area contributed by atoms with E-state index in [1.54, 1.807) is 37.6 Å². The zero-order chi connectivity index (χ0) is 21.9. The van der Waals surface area contributed by atoms with Crippen molar-refractivity contribution in [3.8, 4) is 0 Å². The second-order valence-electron chi connectivity index (χ2n) is 7.29. The SMILES string of the molecule is CP(C)(=O)c1ccc(Nc2ncc(C(F)(F)F)c(N(N)CN3CCOCC3)n2)cc1. The van der Waals surface area contributed by atoms with E-state index in [4.69, 9.17) is 10.6 Å². The van der Waals surface area contributed by atoms with Crippen molar-refractivity contribution in [3.05, 3.63) is 36.0 Å². The topological polar surface area (TPSA) is 96.6 Å². The van der Waals surface area contributed by atoms with Gasteiger partial charge in [0.15, 0.2) is 5.82 Å². The maximum absolute atomic E-state index is 13.5.